The summed E-state index contributed by atoms with van der Waals surface area (Å²) >= 11 is 0. The fourth-order valence-electron chi connectivity index (χ4n) is 0.878. The number of nitrogens with two attached hydrogens (primary N) is 2. The van der Waals surface area contributed by atoms with Gasteiger partial charge in [-0.2, -0.15) is 4.98 Å². The Labute approximate surface area is 87.7 Å². The standard InChI is InChI=1S/C9H13N5O/c1-6(10)12-5-13-7-3-4-8(11)14-9(7)15-2/h3-5H,1-2H3,(H2,11,14)(H2,10,12,13). The van der Waals surface area contributed by atoms with Gasteiger partial charge in [0.1, 0.15) is 17.8 Å². The number of anilines is 1. The van der Waals surface area contributed by atoms with E-state index in [4.69, 9.17) is 16.2 Å². The summed E-state index contributed by atoms with van der Waals surface area (Å²) in [5, 5.41) is 0. The van der Waals surface area contributed by atoms with Gasteiger partial charge in [-0.15, -0.1) is 0 Å². The largest absolute Gasteiger partial charge is 0.479 e. The van der Waals surface area contributed by atoms with E-state index in [1.165, 1.54) is 13.4 Å². The van der Waals surface area contributed by atoms with E-state index in [2.05, 4.69) is 15.0 Å². The smallest absolute Gasteiger partial charge is 0.241 e. The van der Waals surface area contributed by atoms with Gasteiger partial charge < -0.3 is 16.2 Å². The maximum atomic E-state index is 5.49. The van der Waals surface area contributed by atoms with E-state index in [1.54, 1.807) is 19.1 Å². The SMILES string of the molecule is COc1nc(N)ccc1N=CN=C(C)N. The highest BCUT2D eigenvalue weighted by Gasteiger charge is 2.02. The Morgan fingerprint density at radius 2 is 2.27 bits per heavy atom. The average Bonchev–Trinajstić information content (AvgIpc) is 2.19. The van der Waals surface area contributed by atoms with Gasteiger partial charge in [0.25, 0.3) is 0 Å². The highest BCUT2D eigenvalue weighted by atomic mass is 16.5. The zero-order chi connectivity index (χ0) is 11.3. The van der Waals surface area contributed by atoms with Crippen molar-refractivity contribution >= 4 is 23.7 Å². The first-order valence-electron chi connectivity index (χ1n) is 4.26. The molecule has 0 saturated carbocycles. The lowest BCUT2D eigenvalue weighted by Crippen LogP contribution is -2.04. The molecular weight excluding hydrogens is 194 g/mol. The van der Waals surface area contributed by atoms with Crippen molar-refractivity contribution in [2.24, 2.45) is 15.7 Å². The Morgan fingerprint density at radius 3 is 2.87 bits per heavy atom. The first-order chi connectivity index (χ1) is 7.13. The molecule has 0 bridgehead atoms. The molecule has 0 aliphatic carbocycles. The third-order valence-electron chi connectivity index (χ3n) is 1.51. The van der Waals surface area contributed by atoms with Gasteiger partial charge in [0, 0.05) is 0 Å². The van der Waals surface area contributed by atoms with Crippen molar-refractivity contribution in [2.45, 2.75) is 6.92 Å². The second kappa shape index (κ2) is 4.94. The second-order valence-electron chi connectivity index (χ2n) is 2.78. The summed E-state index contributed by atoms with van der Waals surface area (Å²) in [6.45, 7) is 1.67. The molecule has 1 rings (SSSR count). The number of pyridine rings is 1. The van der Waals surface area contributed by atoms with Crippen LogP contribution in [0.15, 0.2) is 22.1 Å². The lowest BCUT2D eigenvalue weighted by molar-refractivity contribution is 0.400. The van der Waals surface area contributed by atoms with Crippen molar-refractivity contribution in [1.82, 2.24) is 4.98 Å². The molecule has 0 fully saturated rings. The number of methoxy groups -OCH3 is 1. The Bertz CT molecular complexity index is 395. The van der Waals surface area contributed by atoms with Crippen LogP contribution in [0.3, 0.4) is 0 Å². The normalized spacial score (nSPS) is 12.0. The van der Waals surface area contributed by atoms with Crippen LogP contribution >= 0.6 is 0 Å². The highest BCUT2D eigenvalue weighted by Crippen LogP contribution is 2.25. The quantitative estimate of drug-likeness (QED) is 0.563. The van der Waals surface area contributed by atoms with E-state index in [-0.39, 0.29) is 0 Å². The van der Waals surface area contributed by atoms with Gasteiger partial charge >= 0.3 is 0 Å². The number of nitrogens with zero attached hydrogens (tertiary/aromatic N) is 3. The third-order valence-corrected chi connectivity index (χ3v) is 1.51. The number of rotatable bonds is 3. The maximum Gasteiger partial charge on any atom is 0.241 e. The minimum absolute atomic E-state index is 0.358. The molecule has 6 nitrogen and oxygen atoms in total. The van der Waals surface area contributed by atoms with Crippen molar-refractivity contribution in [3.63, 3.8) is 0 Å². The number of hydrogen-bond donors (Lipinski definition) is 2. The molecule has 1 aromatic heterocycles. The molecule has 80 valence electrons. The minimum Gasteiger partial charge on any atom is -0.479 e. The molecule has 0 unspecified atom stereocenters. The zero-order valence-electron chi connectivity index (χ0n) is 8.64. The number of amidine groups is 1. The van der Waals surface area contributed by atoms with Crippen LogP contribution in [0.4, 0.5) is 11.5 Å². The molecule has 0 aliphatic heterocycles. The van der Waals surface area contributed by atoms with E-state index in [0.717, 1.165) is 0 Å². The molecule has 0 aliphatic rings. The molecule has 4 N–H and O–H groups in total. The van der Waals surface area contributed by atoms with E-state index < -0.39 is 0 Å². The lowest BCUT2D eigenvalue weighted by Gasteiger charge is -2.02. The Kier molecular flexibility index (Phi) is 3.61. The predicted molar refractivity (Wildman–Crippen MR) is 60.6 cm³/mol. The van der Waals surface area contributed by atoms with E-state index in [1.807, 2.05) is 0 Å². The molecule has 1 aromatic rings. The van der Waals surface area contributed by atoms with Gasteiger partial charge in [0.2, 0.25) is 5.88 Å². The van der Waals surface area contributed by atoms with Crippen molar-refractivity contribution in [3.05, 3.63) is 12.1 Å². The summed E-state index contributed by atoms with van der Waals surface area (Å²) in [6.07, 6.45) is 1.34. The van der Waals surface area contributed by atoms with Gasteiger partial charge in [-0.3, -0.25) is 0 Å². The number of aromatic nitrogens is 1. The molecule has 0 saturated heterocycles. The van der Waals surface area contributed by atoms with Crippen LogP contribution in [0.2, 0.25) is 0 Å². The van der Waals surface area contributed by atoms with Crippen molar-refractivity contribution in [2.75, 3.05) is 12.8 Å². The first-order valence-corrected chi connectivity index (χ1v) is 4.26. The van der Waals surface area contributed by atoms with E-state index in [0.29, 0.717) is 23.2 Å². The van der Waals surface area contributed by atoms with Gasteiger partial charge in [-0.05, 0) is 19.1 Å². The molecule has 0 atom stereocenters. The van der Waals surface area contributed by atoms with Crippen molar-refractivity contribution < 1.29 is 4.74 Å². The van der Waals surface area contributed by atoms with Gasteiger partial charge in [0.05, 0.1) is 12.9 Å². The monoisotopic (exact) mass is 207 g/mol. The minimum atomic E-state index is 0.358. The molecule has 6 heteroatoms. The summed E-state index contributed by atoms with van der Waals surface area (Å²) in [6, 6.07) is 3.33. The zero-order valence-corrected chi connectivity index (χ0v) is 8.64. The number of aliphatic imine (C=N–C) groups is 2. The molecule has 0 spiro atoms. The lowest BCUT2D eigenvalue weighted by atomic mass is 10.4. The van der Waals surface area contributed by atoms with Gasteiger partial charge in [0.15, 0.2) is 0 Å². The maximum absolute atomic E-state index is 5.49. The highest BCUT2D eigenvalue weighted by molar-refractivity contribution is 5.86. The summed E-state index contributed by atoms with van der Waals surface area (Å²) in [4.78, 5) is 11.8. The van der Waals surface area contributed by atoms with E-state index in [9.17, 15) is 0 Å². The molecule has 0 radical (unpaired) electrons. The fraction of sp³-hybridized carbons (Fsp3) is 0.222. The number of ether oxygens (including phenoxy) is 1. The Balaban J connectivity index is 2.94. The first kappa shape index (κ1) is 11.0. The molecular formula is C9H13N5O. The third kappa shape index (κ3) is 3.26. The average molecular weight is 207 g/mol. The molecule has 1 heterocycles. The molecule has 0 amide bonds. The summed E-state index contributed by atoms with van der Waals surface area (Å²) in [5.74, 6) is 1.17. The number of hydrogen-bond acceptors (Lipinski definition) is 4. The number of nitrogen functional groups attached to an aromatic ring is 1. The second-order valence-corrected chi connectivity index (χ2v) is 2.78. The van der Waals surface area contributed by atoms with Crippen LogP contribution in [0.25, 0.3) is 0 Å². The van der Waals surface area contributed by atoms with E-state index >= 15 is 0 Å². The van der Waals surface area contributed by atoms with Crippen molar-refractivity contribution in [3.8, 4) is 5.88 Å². The molecule has 0 aromatic carbocycles. The van der Waals surface area contributed by atoms with Gasteiger partial charge in [-0.1, -0.05) is 0 Å². The van der Waals surface area contributed by atoms with Crippen LogP contribution < -0.4 is 16.2 Å². The van der Waals surface area contributed by atoms with Crippen LogP contribution in [-0.2, 0) is 0 Å². The predicted octanol–water partition coefficient (Wildman–Crippen LogP) is 0.709. The molecule has 15 heavy (non-hydrogen) atoms. The Hall–Kier alpha value is -2.11. The fourth-order valence-corrected chi connectivity index (χ4v) is 0.878. The summed E-state index contributed by atoms with van der Waals surface area (Å²) in [7, 11) is 1.50. The van der Waals surface area contributed by atoms with Crippen molar-refractivity contribution in [1.29, 1.82) is 0 Å². The summed E-state index contributed by atoms with van der Waals surface area (Å²) in [5.41, 5.74) is 11.4. The van der Waals surface area contributed by atoms with Crippen LogP contribution in [-0.4, -0.2) is 24.3 Å². The van der Waals surface area contributed by atoms with Crippen LogP contribution in [0, 0.1) is 0 Å². The van der Waals surface area contributed by atoms with Crippen LogP contribution in [0.1, 0.15) is 6.92 Å². The topological polar surface area (TPSA) is 98.9 Å². The van der Waals surface area contributed by atoms with Gasteiger partial charge in [-0.25, -0.2) is 9.98 Å². The Morgan fingerprint density at radius 1 is 1.53 bits per heavy atom. The summed E-state index contributed by atoms with van der Waals surface area (Å²) < 4.78 is 5.00. The van der Waals surface area contributed by atoms with Crippen LogP contribution in [0.5, 0.6) is 5.88 Å².